The fourth-order valence-electron chi connectivity index (χ4n) is 3.74. The molecular formula is C25H22ClF3N4O3. The Bertz CT molecular complexity index is 1440. The molecule has 3 aromatic heterocycles. The third kappa shape index (κ3) is 5.43. The SMILES string of the molecule is CCOC(=O)c1ccnc(OCc2cc(C)c3nc(C)n(Cc4ncc(C(F)(F)F)cc4Cl)c3c2)c1. The minimum atomic E-state index is -4.52. The van der Waals surface area contributed by atoms with Crippen LogP contribution in [0.1, 0.15) is 45.5 Å². The number of benzene rings is 1. The van der Waals surface area contributed by atoms with Gasteiger partial charge in [0.25, 0.3) is 0 Å². The van der Waals surface area contributed by atoms with E-state index in [1.807, 2.05) is 23.6 Å². The maximum absolute atomic E-state index is 13.0. The Hall–Kier alpha value is -3.66. The summed E-state index contributed by atoms with van der Waals surface area (Å²) in [6, 6.07) is 7.74. The Labute approximate surface area is 209 Å². The summed E-state index contributed by atoms with van der Waals surface area (Å²) in [6.07, 6.45) is -2.28. The number of hydrogen-bond donors (Lipinski definition) is 0. The van der Waals surface area contributed by atoms with Gasteiger partial charge in [-0.2, -0.15) is 13.2 Å². The summed E-state index contributed by atoms with van der Waals surface area (Å²) in [5.41, 5.74) is 2.95. The molecule has 4 rings (SSSR count). The number of halogens is 4. The molecule has 3 heterocycles. The van der Waals surface area contributed by atoms with E-state index in [1.54, 1.807) is 19.9 Å². The molecular weight excluding hydrogens is 497 g/mol. The van der Waals surface area contributed by atoms with E-state index >= 15 is 0 Å². The zero-order valence-corrected chi connectivity index (χ0v) is 20.4. The third-order valence-corrected chi connectivity index (χ3v) is 5.81. The summed E-state index contributed by atoms with van der Waals surface area (Å²) in [5.74, 6) is 0.466. The molecule has 36 heavy (non-hydrogen) atoms. The molecule has 0 aliphatic rings. The van der Waals surface area contributed by atoms with E-state index in [0.717, 1.165) is 34.4 Å². The molecule has 1 aromatic carbocycles. The first-order chi connectivity index (χ1) is 17.1. The molecule has 0 aliphatic carbocycles. The van der Waals surface area contributed by atoms with Gasteiger partial charge in [-0.1, -0.05) is 17.7 Å². The molecule has 0 atom stereocenters. The molecule has 188 valence electrons. The first kappa shape index (κ1) is 25.4. The lowest BCUT2D eigenvalue weighted by molar-refractivity contribution is -0.137. The highest BCUT2D eigenvalue weighted by Gasteiger charge is 2.31. The second-order valence-corrected chi connectivity index (χ2v) is 8.47. The lowest BCUT2D eigenvalue weighted by Gasteiger charge is -2.12. The van der Waals surface area contributed by atoms with Crippen molar-refractivity contribution in [2.45, 2.75) is 40.1 Å². The zero-order chi connectivity index (χ0) is 26.0. The number of esters is 1. The van der Waals surface area contributed by atoms with E-state index in [0.29, 0.717) is 17.1 Å². The predicted octanol–water partition coefficient (Wildman–Crippen LogP) is 5.92. The summed E-state index contributed by atoms with van der Waals surface area (Å²) in [4.78, 5) is 24.7. The van der Waals surface area contributed by atoms with Gasteiger partial charge >= 0.3 is 12.1 Å². The smallest absolute Gasteiger partial charge is 0.417 e. The molecule has 0 radical (unpaired) electrons. The van der Waals surface area contributed by atoms with Crippen LogP contribution in [0.2, 0.25) is 5.02 Å². The van der Waals surface area contributed by atoms with Crippen molar-refractivity contribution in [2.75, 3.05) is 6.61 Å². The van der Waals surface area contributed by atoms with Crippen LogP contribution in [0.15, 0.2) is 42.7 Å². The van der Waals surface area contributed by atoms with Gasteiger partial charge in [0.1, 0.15) is 12.4 Å². The Balaban J connectivity index is 1.60. The van der Waals surface area contributed by atoms with Crippen LogP contribution in [-0.4, -0.2) is 32.1 Å². The Morgan fingerprint density at radius 3 is 2.61 bits per heavy atom. The van der Waals surface area contributed by atoms with Crippen molar-refractivity contribution in [2.24, 2.45) is 0 Å². The van der Waals surface area contributed by atoms with Crippen LogP contribution in [-0.2, 0) is 24.1 Å². The number of rotatable bonds is 7. The number of fused-ring (bicyclic) bond motifs is 1. The van der Waals surface area contributed by atoms with Crippen LogP contribution < -0.4 is 4.74 Å². The molecule has 0 bridgehead atoms. The Morgan fingerprint density at radius 2 is 1.92 bits per heavy atom. The maximum atomic E-state index is 13.0. The summed E-state index contributed by atoms with van der Waals surface area (Å²) < 4.78 is 51.6. The Kier molecular flexibility index (Phi) is 7.16. The van der Waals surface area contributed by atoms with Crippen molar-refractivity contribution >= 4 is 28.6 Å². The summed E-state index contributed by atoms with van der Waals surface area (Å²) in [5, 5.41) is -0.0742. The van der Waals surface area contributed by atoms with Gasteiger partial charge in [-0.3, -0.25) is 4.98 Å². The minimum Gasteiger partial charge on any atom is -0.473 e. The lowest BCUT2D eigenvalue weighted by Crippen LogP contribution is -2.09. The number of carbonyl (C=O) groups is 1. The van der Waals surface area contributed by atoms with Gasteiger partial charge < -0.3 is 14.0 Å². The summed E-state index contributed by atoms with van der Waals surface area (Å²) >= 11 is 6.13. The van der Waals surface area contributed by atoms with Crippen LogP contribution in [0, 0.1) is 13.8 Å². The zero-order valence-electron chi connectivity index (χ0n) is 19.7. The van der Waals surface area contributed by atoms with Gasteiger partial charge in [0.05, 0.1) is 46.0 Å². The molecule has 4 aromatic rings. The van der Waals surface area contributed by atoms with Crippen molar-refractivity contribution in [3.63, 3.8) is 0 Å². The van der Waals surface area contributed by atoms with Crippen LogP contribution in [0.3, 0.4) is 0 Å². The largest absolute Gasteiger partial charge is 0.473 e. The fourth-order valence-corrected chi connectivity index (χ4v) is 3.97. The molecule has 0 amide bonds. The van der Waals surface area contributed by atoms with Crippen LogP contribution in [0.5, 0.6) is 5.88 Å². The third-order valence-electron chi connectivity index (χ3n) is 5.48. The van der Waals surface area contributed by atoms with Crippen molar-refractivity contribution in [1.82, 2.24) is 19.5 Å². The van der Waals surface area contributed by atoms with Gasteiger partial charge in [0.15, 0.2) is 0 Å². The highest BCUT2D eigenvalue weighted by atomic mass is 35.5. The Morgan fingerprint density at radius 1 is 1.14 bits per heavy atom. The number of pyridine rings is 2. The quantitative estimate of drug-likeness (QED) is 0.283. The molecule has 0 saturated carbocycles. The molecule has 11 heteroatoms. The average molecular weight is 519 g/mol. The van der Waals surface area contributed by atoms with E-state index < -0.39 is 17.7 Å². The van der Waals surface area contributed by atoms with Crippen molar-refractivity contribution in [1.29, 1.82) is 0 Å². The van der Waals surface area contributed by atoms with Crippen molar-refractivity contribution < 1.29 is 27.4 Å². The number of ether oxygens (including phenoxy) is 2. The number of carbonyl (C=O) groups excluding carboxylic acids is 1. The number of aromatic nitrogens is 4. The highest BCUT2D eigenvalue weighted by molar-refractivity contribution is 6.31. The molecule has 0 aliphatic heterocycles. The average Bonchev–Trinajstić information content (AvgIpc) is 3.14. The first-order valence-corrected chi connectivity index (χ1v) is 11.4. The molecule has 0 N–H and O–H groups in total. The van der Waals surface area contributed by atoms with Crippen LogP contribution >= 0.6 is 11.6 Å². The van der Waals surface area contributed by atoms with Gasteiger partial charge in [-0.05, 0) is 50.1 Å². The minimum absolute atomic E-state index is 0.0742. The topological polar surface area (TPSA) is 79.1 Å². The van der Waals surface area contributed by atoms with Gasteiger partial charge in [-0.25, -0.2) is 14.8 Å². The number of alkyl halides is 3. The van der Waals surface area contributed by atoms with Gasteiger partial charge in [0.2, 0.25) is 5.88 Å². The second kappa shape index (κ2) is 10.1. The monoisotopic (exact) mass is 518 g/mol. The predicted molar refractivity (Wildman–Crippen MR) is 127 cm³/mol. The van der Waals surface area contributed by atoms with Gasteiger partial charge in [-0.15, -0.1) is 0 Å². The van der Waals surface area contributed by atoms with E-state index in [-0.39, 0.29) is 30.7 Å². The highest BCUT2D eigenvalue weighted by Crippen LogP contribution is 2.32. The number of hydrogen-bond acceptors (Lipinski definition) is 6. The number of imidazole rings is 1. The second-order valence-electron chi connectivity index (χ2n) is 8.07. The molecule has 0 fully saturated rings. The fraction of sp³-hybridized carbons (Fsp3) is 0.280. The summed E-state index contributed by atoms with van der Waals surface area (Å²) in [7, 11) is 0. The van der Waals surface area contributed by atoms with Crippen molar-refractivity contribution in [3.05, 3.63) is 81.5 Å². The maximum Gasteiger partial charge on any atom is 0.417 e. The molecule has 0 saturated heterocycles. The normalized spacial score (nSPS) is 11.6. The molecule has 0 spiro atoms. The standard InChI is InChI=1S/C25H22ClF3N4O3/c1-4-35-24(34)17-5-6-30-22(9-17)36-13-16-7-14(2)23-21(8-16)33(15(3)32-23)12-20-19(26)10-18(11-31-20)25(27,28)29/h5-11H,4,12-13H2,1-3H3. The van der Waals surface area contributed by atoms with Gasteiger partial charge in [0, 0.05) is 18.5 Å². The molecule has 0 unspecified atom stereocenters. The van der Waals surface area contributed by atoms with Crippen LogP contribution in [0.4, 0.5) is 13.2 Å². The van der Waals surface area contributed by atoms with E-state index in [4.69, 9.17) is 21.1 Å². The number of nitrogens with zero attached hydrogens (tertiary/aromatic N) is 4. The first-order valence-electron chi connectivity index (χ1n) is 11.0. The van der Waals surface area contributed by atoms with E-state index in [1.165, 1.54) is 12.3 Å². The lowest BCUT2D eigenvalue weighted by atomic mass is 10.1. The molecule has 7 nitrogen and oxygen atoms in total. The van der Waals surface area contributed by atoms with Crippen molar-refractivity contribution in [3.8, 4) is 5.88 Å². The van der Waals surface area contributed by atoms with E-state index in [2.05, 4.69) is 15.0 Å². The summed E-state index contributed by atoms with van der Waals surface area (Å²) in [6.45, 7) is 6.01. The van der Waals surface area contributed by atoms with E-state index in [9.17, 15) is 18.0 Å². The van der Waals surface area contributed by atoms with Crippen LogP contribution in [0.25, 0.3) is 11.0 Å². The number of aryl methyl sites for hydroxylation is 2.